The highest BCUT2D eigenvalue weighted by atomic mass is 32.1. The van der Waals surface area contributed by atoms with Crippen molar-refractivity contribution in [2.24, 2.45) is 0 Å². The monoisotopic (exact) mass is 470 g/mol. The summed E-state index contributed by atoms with van der Waals surface area (Å²) in [6, 6.07) is 4.41. The van der Waals surface area contributed by atoms with Gasteiger partial charge in [-0.1, -0.05) is 78.1 Å². The van der Waals surface area contributed by atoms with E-state index >= 15 is 0 Å². The number of nitrogens with zero attached hydrogens (tertiary/aromatic N) is 4. The van der Waals surface area contributed by atoms with Crippen molar-refractivity contribution < 1.29 is 0 Å². The van der Waals surface area contributed by atoms with Crippen molar-refractivity contribution in [2.75, 3.05) is 0 Å². The van der Waals surface area contributed by atoms with Gasteiger partial charge in [-0.25, -0.2) is 0 Å². The van der Waals surface area contributed by atoms with Crippen LogP contribution in [0.15, 0.2) is 22.9 Å². The molecule has 32 heavy (non-hydrogen) atoms. The zero-order chi connectivity index (χ0) is 22.4. The number of aromatic nitrogens is 4. The van der Waals surface area contributed by atoms with Crippen LogP contribution in [-0.4, -0.2) is 20.4 Å². The average molecular weight is 471 g/mol. The van der Waals surface area contributed by atoms with Crippen LogP contribution in [-0.2, 0) is 12.8 Å². The Hall–Kier alpha value is -1.66. The topological polar surface area (TPSA) is 51.6 Å². The number of hydrogen-bond acceptors (Lipinski definition) is 6. The van der Waals surface area contributed by atoms with Gasteiger partial charge in [0, 0.05) is 0 Å². The largest absolute Gasteiger partial charge is 0.213 e. The second-order valence-corrected chi connectivity index (χ2v) is 10.5. The van der Waals surface area contributed by atoms with Gasteiger partial charge in [-0.2, -0.15) is 0 Å². The Morgan fingerprint density at radius 1 is 0.531 bits per heavy atom. The minimum atomic E-state index is 0.636. The first kappa shape index (κ1) is 25.0. The molecule has 0 aromatic carbocycles. The summed E-state index contributed by atoms with van der Waals surface area (Å²) in [5.74, 6) is 1.27. The van der Waals surface area contributed by atoms with E-state index < -0.39 is 0 Å². The van der Waals surface area contributed by atoms with Crippen molar-refractivity contribution in [1.82, 2.24) is 20.4 Å². The summed E-state index contributed by atoms with van der Waals surface area (Å²) in [7, 11) is 0. The van der Waals surface area contributed by atoms with Gasteiger partial charge < -0.3 is 0 Å². The lowest BCUT2D eigenvalue weighted by Crippen LogP contribution is -1.97. The third-order valence-corrected chi connectivity index (χ3v) is 7.82. The molecule has 3 rings (SSSR count). The molecule has 0 bridgehead atoms. The molecule has 0 spiro atoms. The molecule has 174 valence electrons. The first-order chi connectivity index (χ1) is 15.8. The van der Waals surface area contributed by atoms with Crippen LogP contribution in [0.4, 0.5) is 0 Å². The second kappa shape index (κ2) is 14.5. The molecule has 0 amide bonds. The molecule has 0 N–H and O–H groups in total. The van der Waals surface area contributed by atoms with Crippen LogP contribution in [0.2, 0.25) is 0 Å². The van der Waals surface area contributed by atoms with E-state index in [1.165, 1.54) is 88.2 Å². The van der Waals surface area contributed by atoms with Crippen molar-refractivity contribution in [1.29, 1.82) is 0 Å². The summed E-state index contributed by atoms with van der Waals surface area (Å²) in [6.45, 7) is 4.53. The van der Waals surface area contributed by atoms with Crippen LogP contribution in [0, 0.1) is 0 Å². The molecule has 3 heterocycles. The summed E-state index contributed by atoms with van der Waals surface area (Å²) in [5.41, 5.74) is 2.76. The van der Waals surface area contributed by atoms with Crippen LogP contribution in [0.25, 0.3) is 21.4 Å². The van der Waals surface area contributed by atoms with E-state index in [1.54, 1.807) is 22.7 Å². The van der Waals surface area contributed by atoms with Crippen LogP contribution in [0.3, 0.4) is 0 Å². The van der Waals surface area contributed by atoms with Gasteiger partial charge in [0.15, 0.2) is 0 Å². The lowest BCUT2D eigenvalue weighted by molar-refractivity contribution is 0.608. The lowest BCUT2D eigenvalue weighted by atomic mass is 10.1. The normalized spacial score (nSPS) is 11.3. The molecule has 0 aliphatic heterocycles. The minimum absolute atomic E-state index is 0.636. The Morgan fingerprint density at radius 2 is 0.906 bits per heavy atom. The minimum Gasteiger partial charge on any atom is -0.140 e. The maximum atomic E-state index is 4.38. The molecule has 0 radical (unpaired) electrons. The van der Waals surface area contributed by atoms with Gasteiger partial charge in [0.1, 0.15) is 0 Å². The molecule has 0 unspecified atom stereocenters. The molecule has 0 saturated carbocycles. The molecule has 6 heteroatoms. The van der Waals surface area contributed by atoms with Crippen molar-refractivity contribution in [2.45, 2.75) is 104 Å². The highest BCUT2D eigenvalue weighted by Gasteiger charge is 2.11. The maximum Gasteiger partial charge on any atom is 0.213 e. The predicted octanol–water partition coefficient (Wildman–Crippen LogP) is 8.53. The van der Waals surface area contributed by atoms with Crippen LogP contribution in [0.1, 0.15) is 102 Å². The molecule has 3 aromatic rings. The van der Waals surface area contributed by atoms with Crippen molar-refractivity contribution in [3.63, 3.8) is 0 Å². The fraction of sp³-hybridized carbons (Fsp3) is 0.615. The smallest absolute Gasteiger partial charge is 0.140 e. The van der Waals surface area contributed by atoms with E-state index in [9.17, 15) is 0 Å². The molecule has 0 atom stereocenters. The first-order valence-corrected chi connectivity index (χ1v) is 14.3. The molecule has 0 aliphatic rings. The van der Waals surface area contributed by atoms with E-state index in [4.69, 9.17) is 0 Å². The first-order valence-electron chi connectivity index (χ1n) is 12.5. The fourth-order valence-corrected chi connectivity index (χ4v) is 5.63. The third kappa shape index (κ3) is 8.36. The number of hydrogen-bond donors (Lipinski definition) is 0. The van der Waals surface area contributed by atoms with Gasteiger partial charge in [-0.15, -0.1) is 43.1 Å². The van der Waals surface area contributed by atoms with Crippen molar-refractivity contribution >= 4 is 22.7 Å². The summed E-state index contributed by atoms with van der Waals surface area (Å²) in [6.07, 6.45) is 18.2. The molecule has 0 aliphatic carbocycles. The number of unbranched alkanes of at least 4 members (excludes halogenated alkanes) is 10. The predicted molar refractivity (Wildman–Crippen MR) is 138 cm³/mol. The Balaban J connectivity index is 1.45. The molecule has 3 aromatic heterocycles. The number of thiophene rings is 2. The molecule has 0 saturated heterocycles. The zero-order valence-corrected chi connectivity index (χ0v) is 21.4. The average Bonchev–Trinajstić information content (AvgIpc) is 3.49. The van der Waals surface area contributed by atoms with E-state index in [1.807, 2.05) is 0 Å². The molecule has 0 fully saturated rings. The SMILES string of the molecule is CCCCCCCCc1csc(-c2nnc(-c3cc(CCCCCCCC)cs3)nn2)c1. The third-order valence-electron chi connectivity index (χ3n) is 5.87. The standard InChI is InChI=1S/C26H38N4S2/c1-3-5-7-9-11-13-15-21-17-23(31-19-21)25-27-29-26(30-28-25)24-18-22(20-32-24)16-14-12-10-8-6-4-2/h17-20H,3-16H2,1-2H3. The van der Waals surface area contributed by atoms with E-state index in [-0.39, 0.29) is 0 Å². The second-order valence-electron chi connectivity index (χ2n) is 8.72. The molecular weight excluding hydrogens is 432 g/mol. The van der Waals surface area contributed by atoms with Crippen molar-refractivity contribution in [3.8, 4) is 21.4 Å². The summed E-state index contributed by atoms with van der Waals surface area (Å²) in [5, 5.41) is 22.0. The molecular formula is C26H38N4S2. The van der Waals surface area contributed by atoms with Gasteiger partial charge in [0.05, 0.1) is 9.75 Å². The van der Waals surface area contributed by atoms with E-state index in [2.05, 4.69) is 57.1 Å². The van der Waals surface area contributed by atoms with Crippen molar-refractivity contribution in [3.05, 3.63) is 34.0 Å². The lowest BCUT2D eigenvalue weighted by Gasteiger charge is -1.99. The summed E-state index contributed by atoms with van der Waals surface area (Å²) in [4.78, 5) is 2.12. The Morgan fingerprint density at radius 3 is 1.31 bits per heavy atom. The highest BCUT2D eigenvalue weighted by Crippen LogP contribution is 2.27. The van der Waals surface area contributed by atoms with Crippen LogP contribution >= 0.6 is 22.7 Å². The van der Waals surface area contributed by atoms with E-state index in [0.717, 1.165) is 22.6 Å². The van der Waals surface area contributed by atoms with E-state index in [0.29, 0.717) is 11.6 Å². The quantitative estimate of drug-likeness (QED) is 0.197. The Bertz CT molecular complexity index is 812. The van der Waals surface area contributed by atoms with Crippen LogP contribution in [0.5, 0.6) is 0 Å². The van der Waals surface area contributed by atoms with Gasteiger partial charge in [-0.05, 0) is 59.7 Å². The van der Waals surface area contributed by atoms with Gasteiger partial charge >= 0.3 is 0 Å². The number of aryl methyl sites for hydroxylation is 2. The number of rotatable bonds is 16. The summed E-state index contributed by atoms with van der Waals surface area (Å²) < 4.78 is 0. The van der Waals surface area contributed by atoms with Gasteiger partial charge in [0.2, 0.25) is 11.6 Å². The summed E-state index contributed by atoms with van der Waals surface area (Å²) >= 11 is 3.39. The molecule has 4 nitrogen and oxygen atoms in total. The Kier molecular flexibility index (Phi) is 11.3. The van der Waals surface area contributed by atoms with Gasteiger partial charge in [0.25, 0.3) is 0 Å². The Labute approximate surface area is 201 Å². The maximum absolute atomic E-state index is 4.38. The highest BCUT2D eigenvalue weighted by molar-refractivity contribution is 7.13. The van der Waals surface area contributed by atoms with Crippen LogP contribution < -0.4 is 0 Å². The van der Waals surface area contributed by atoms with Gasteiger partial charge in [-0.3, -0.25) is 0 Å². The zero-order valence-electron chi connectivity index (χ0n) is 19.8. The fourth-order valence-electron chi connectivity index (χ4n) is 3.89.